The second-order valence-electron chi connectivity index (χ2n) is 13.4. The van der Waals surface area contributed by atoms with Gasteiger partial charge in [-0.1, -0.05) is 180 Å². The molecule has 0 heterocycles. The van der Waals surface area contributed by atoms with Crippen LogP contribution >= 0.6 is 47.8 Å². The van der Waals surface area contributed by atoms with Gasteiger partial charge in [-0.25, -0.2) is 0 Å². The third kappa shape index (κ3) is 8.41. The molecule has 1 aliphatic rings. The molecule has 254 valence electrons. The smallest absolute Gasteiger partial charge is 0.119 e. The fourth-order valence-corrected chi connectivity index (χ4v) is 8.68. The van der Waals surface area contributed by atoms with Gasteiger partial charge >= 0.3 is 0 Å². The van der Waals surface area contributed by atoms with Crippen LogP contribution in [0.25, 0.3) is 21.5 Å². The lowest BCUT2D eigenvalue weighted by atomic mass is 9.67. The lowest BCUT2D eigenvalue weighted by Gasteiger charge is -2.34. The maximum atomic E-state index is 6.18. The normalized spacial score (nSPS) is 12.9. The minimum Gasteiger partial charge on any atom is -0.494 e. The number of alkyl halides is 1. The maximum Gasteiger partial charge on any atom is 0.119 e. The Morgan fingerprint density at radius 3 is 1.50 bits per heavy atom. The van der Waals surface area contributed by atoms with Gasteiger partial charge in [0.15, 0.2) is 0 Å². The minimum atomic E-state index is -0.431. The summed E-state index contributed by atoms with van der Waals surface area (Å²) in [6, 6.07) is 31.6. The molecule has 48 heavy (non-hydrogen) atoms. The molecular formula is C44H51Br3O. The van der Waals surface area contributed by atoms with Gasteiger partial charge in [0.2, 0.25) is 0 Å². The van der Waals surface area contributed by atoms with Crippen molar-refractivity contribution in [2.75, 3.05) is 11.9 Å². The van der Waals surface area contributed by atoms with E-state index in [1.807, 2.05) is 0 Å². The Kier molecular flexibility index (Phi) is 14.1. The van der Waals surface area contributed by atoms with E-state index in [-0.39, 0.29) is 0 Å². The molecule has 5 aromatic carbocycles. The van der Waals surface area contributed by atoms with Crippen LogP contribution in [-0.2, 0) is 5.41 Å². The average molecular weight is 836 g/mol. The molecule has 0 aliphatic heterocycles. The number of halogens is 3. The number of aryl methyl sites for hydroxylation is 1. The highest BCUT2D eigenvalue weighted by Crippen LogP contribution is 2.57. The third-order valence-electron chi connectivity index (χ3n) is 9.79. The predicted octanol–water partition coefficient (Wildman–Crippen LogP) is 15.0. The van der Waals surface area contributed by atoms with Crippen molar-refractivity contribution in [1.82, 2.24) is 0 Å². The molecule has 0 atom stereocenters. The molecule has 0 N–H and O–H groups in total. The number of rotatable bonds is 16. The topological polar surface area (TPSA) is 9.23 Å². The van der Waals surface area contributed by atoms with E-state index in [4.69, 9.17) is 4.74 Å². The highest BCUT2D eigenvalue weighted by Gasteiger charge is 2.45. The van der Waals surface area contributed by atoms with Crippen molar-refractivity contribution < 1.29 is 4.74 Å². The highest BCUT2D eigenvalue weighted by atomic mass is 79.9. The van der Waals surface area contributed by atoms with E-state index in [1.165, 1.54) is 125 Å². The van der Waals surface area contributed by atoms with Crippen molar-refractivity contribution in [3.05, 3.63) is 122 Å². The molecule has 0 saturated carbocycles. The summed E-state index contributed by atoms with van der Waals surface area (Å²) < 4.78 is 8.39. The molecule has 1 aliphatic carbocycles. The molecular weight excluding hydrogens is 784 g/mol. The van der Waals surface area contributed by atoms with Crippen LogP contribution in [0.2, 0.25) is 0 Å². The first-order valence-corrected chi connectivity index (χ1v) is 20.9. The van der Waals surface area contributed by atoms with Gasteiger partial charge in [-0.2, -0.15) is 0 Å². The lowest BCUT2D eigenvalue weighted by Crippen LogP contribution is -2.29. The lowest BCUT2D eigenvalue weighted by molar-refractivity contribution is 0.304. The van der Waals surface area contributed by atoms with E-state index in [1.54, 1.807) is 0 Å². The number of hydrogen-bond donors (Lipinski definition) is 0. The highest BCUT2D eigenvalue weighted by molar-refractivity contribution is 9.10. The van der Waals surface area contributed by atoms with Crippen molar-refractivity contribution >= 4 is 69.3 Å². The molecule has 5 aromatic rings. The zero-order chi connectivity index (χ0) is 33.9. The number of benzene rings is 5. The molecule has 1 nitrogen and oxygen atoms in total. The third-order valence-corrected chi connectivity index (χ3v) is 11.3. The van der Waals surface area contributed by atoms with E-state index >= 15 is 0 Å². The van der Waals surface area contributed by atoms with Crippen LogP contribution < -0.4 is 4.74 Å². The Hall–Kier alpha value is -2.14. The van der Waals surface area contributed by atoms with Crippen molar-refractivity contribution in [3.8, 4) is 5.75 Å². The van der Waals surface area contributed by atoms with Crippen LogP contribution in [0.4, 0.5) is 0 Å². The number of ether oxygens (including phenoxy) is 1. The summed E-state index contributed by atoms with van der Waals surface area (Å²) in [5.74, 6) is 0.945. The van der Waals surface area contributed by atoms with Crippen LogP contribution in [0.15, 0.2) is 93.9 Å². The fourth-order valence-electron chi connectivity index (χ4n) is 7.33. The summed E-state index contributed by atoms with van der Waals surface area (Å²) in [5, 5.41) is 6.41. The van der Waals surface area contributed by atoms with Crippen molar-refractivity contribution in [3.63, 3.8) is 0 Å². The average Bonchev–Trinajstić information content (AvgIpc) is 3.38. The first-order valence-electron chi connectivity index (χ1n) is 18.2. The SMILES string of the molecule is CCCCCCCCBr.CCCCCCCCOc1ccc(C2(c3ccc(C)cc3)c3cc(Br)cc4ccc5cc(Br)cc2c5c34)cc1. The second kappa shape index (κ2) is 18.2. The largest absolute Gasteiger partial charge is 0.494 e. The van der Waals surface area contributed by atoms with Gasteiger partial charge in [-0.05, 0) is 100.0 Å². The molecule has 0 bridgehead atoms. The van der Waals surface area contributed by atoms with E-state index in [9.17, 15) is 0 Å². The summed E-state index contributed by atoms with van der Waals surface area (Å²) in [6.45, 7) is 7.45. The summed E-state index contributed by atoms with van der Waals surface area (Å²) in [6.07, 6.45) is 16.0. The summed E-state index contributed by atoms with van der Waals surface area (Å²) >= 11 is 11.1. The van der Waals surface area contributed by atoms with Crippen LogP contribution in [0, 0.1) is 6.92 Å². The summed E-state index contributed by atoms with van der Waals surface area (Å²) in [4.78, 5) is 0. The summed E-state index contributed by atoms with van der Waals surface area (Å²) in [5.41, 5.74) is 6.03. The summed E-state index contributed by atoms with van der Waals surface area (Å²) in [7, 11) is 0. The molecule has 0 unspecified atom stereocenters. The standard InChI is InChI=1S/C36H34Br2O.C8H17Br/c1-3-4-5-6-7-8-19-39-31-17-15-28(16-18-31)36(27-13-9-24(2)10-14-27)32-22-29(37)20-25-11-12-26-21-30(38)23-33(36)35(26)34(25)32;1-2-3-4-5-6-7-8-9/h9-18,20-23H,3-8,19H2,1-2H3;2-8H2,1H3. The second-order valence-corrected chi connectivity index (χ2v) is 16.0. The molecule has 0 saturated heterocycles. The Balaban J connectivity index is 0.000000441. The fraction of sp³-hybridized carbons (Fsp3) is 0.409. The Bertz CT molecular complexity index is 1680. The van der Waals surface area contributed by atoms with Crippen LogP contribution in [0.3, 0.4) is 0 Å². The quantitative estimate of drug-likeness (QED) is 0.0536. The van der Waals surface area contributed by atoms with E-state index in [0.29, 0.717) is 0 Å². The molecule has 0 amide bonds. The van der Waals surface area contributed by atoms with Crippen molar-refractivity contribution in [2.24, 2.45) is 0 Å². The molecule has 0 aromatic heterocycles. The minimum absolute atomic E-state index is 0.431. The Morgan fingerprint density at radius 2 is 1.00 bits per heavy atom. The van der Waals surface area contributed by atoms with Crippen LogP contribution in [0.1, 0.15) is 119 Å². The Morgan fingerprint density at radius 1 is 0.542 bits per heavy atom. The van der Waals surface area contributed by atoms with Gasteiger partial charge < -0.3 is 4.74 Å². The van der Waals surface area contributed by atoms with E-state index in [2.05, 4.69) is 153 Å². The van der Waals surface area contributed by atoms with E-state index < -0.39 is 5.41 Å². The van der Waals surface area contributed by atoms with Crippen LogP contribution in [-0.4, -0.2) is 11.9 Å². The zero-order valence-corrected chi connectivity index (χ0v) is 33.8. The van der Waals surface area contributed by atoms with Crippen molar-refractivity contribution in [2.45, 2.75) is 103 Å². The van der Waals surface area contributed by atoms with Gasteiger partial charge in [-0.15, -0.1) is 0 Å². The van der Waals surface area contributed by atoms with Gasteiger partial charge in [0.1, 0.15) is 5.75 Å². The number of unbranched alkanes of at least 4 members (excludes halogenated alkanes) is 10. The molecule has 0 radical (unpaired) electrons. The first-order chi connectivity index (χ1) is 23.4. The zero-order valence-electron chi connectivity index (χ0n) is 29.0. The van der Waals surface area contributed by atoms with Gasteiger partial charge in [0.05, 0.1) is 12.0 Å². The first kappa shape index (κ1) is 37.1. The molecule has 4 heteroatoms. The van der Waals surface area contributed by atoms with Crippen LogP contribution in [0.5, 0.6) is 5.75 Å². The van der Waals surface area contributed by atoms with Gasteiger partial charge in [0.25, 0.3) is 0 Å². The van der Waals surface area contributed by atoms with Crippen molar-refractivity contribution in [1.29, 1.82) is 0 Å². The molecule has 0 fully saturated rings. The van der Waals surface area contributed by atoms with Gasteiger partial charge in [-0.3, -0.25) is 0 Å². The van der Waals surface area contributed by atoms with E-state index in [0.717, 1.165) is 27.7 Å². The predicted molar refractivity (Wildman–Crippen MR) is 219 cm³/mol. The Labute approximate surface area is 314 Å². The van der Waals surface area contributed by atoms with Gasteiger partial charge in [0, 0.05) is 14.3 Å². The number of hydrogen-bond acceptors (Lipinski definition) is 1. The molecule has 0 spiro atoms. The molecule has 6 rings (SSSR count). The monoisotopic (exact) mass is 832 g/mol. The maximum absolute atomic E-state index is 6.18.